The Morgan fingerprint density at radius 1 is 1.07 bits per heavy atom. The molecule has 0 bridgehead atoms. The smallest absolute Gasteiger partial charge is 0.251 e. The van der Waals surface area contributed by atoms with Crippen LogP contribution in [0.15, 0.2) is 42.5 Å². The highest BCUT2D eigenvalue weighted by molar-refractivity contribution is 5.98. The molecule has 2 aromatic rings. The van der Waals surface area contributed by atoms with Crippen molar-refractivity contribution < 1.29 is 18.8 Å². The minimum absolute atomic E-state index is 0.123. The molecule has 0 atom stereocenters. The number of rotatable bonds is 6. The van der Waals surface area contributed by atoms with Crippen LogP contribution < -0.4 is 10.6 Å². The summed E-state index contributed by atoms with van der Waals surface area (Å²) in [4.78, 5) is 37.4. The molecule has 0 spiro atoms. The highest BCUT2D eigenvalue weighted by Gasteiger charge is 2.15. The van der Waals surface area contributed by atoms with E-state index in [4.69, 9.17) is 0 Å². The van der Waals surface area contributed by atoms with Crippen molar-refractivity contribution in [2.24, 2.45) is 0 Å². The lowest BCUT2D eigenvalue weighted by Crippen LogP contribution is -2.41. The number of anilines is 1. The van der Waals surface area contributed by atoms with Gasteiger partial charge in [0.2, 0.25) is 11.8 Å². The molecule has 0 aromatic heterocycles. The Morgan fingerprint density at radius 3 is 2.52 bits per heavy atom. The molecular weight excluding hydrogens is 349 g/mol. The van der Waals surface area contributed by atoms with Gasteiger partial charge in [-0.15, -0.1) is 0 Å². The first-order valence-corrected chi connectivity index (χ1v) is 8.41. The molecule has 3 amide bonds. The molecule has 7 heteroatoms. The molecule has 0 aliphatic heterocycles. The summed E-state index contributed by atoms with van der Waals surface area (Å²) in [5.74, 6) is -1.86. The van der Waals surface area contributed by atoms with E-state index in [9.17, 15) is 18.8 Å². The van der Waals surface area contributed by atoms with Crippen LogP contribution >= 0.6 is 0 Å². The summed E-state index contributed by atoms with van der Waals surface area (Å²) in [5.41, 5.74) is 2.75. The topological polar surface area (TPSA) is 78.5 Å². The van der Waals surface area contributed by atoms with Crippen molar-refractivity contribution in [3.05, 3.63) is 65.0 Å². The number of halogens is 1. The zero-order valence-corrected chi connectivity index (χ0v) is 15.5. The minimum atomic E-state index is -0.559. The van der Waals surface area contributed by atoms with Gasteiger partial charge in [0.1, 0.15) is 5.82 Å². The van der Waals surface area contributed by atoms with Gasteiger partial charge in [-0.25, -0.2) is 4.39 Å². The summed E-state index contributed by atoms with van der Waals surface area (Å²) in [5, 5.41) is 5.19. The average molecular weight is 371 g/mol. The molecule has 142 valence electrons. The summed E-state index contributed by atoms with van der Waals surface area (Å²) in [6.07, 6.45) is 0. The van der Waals surface area contributed by atoms with E-state index in [2.05, 4.69) is 10.6 Å². The lowest BCUT2D eigenvalue weighted by Gasteiger charge is -2.18. The number of hydrogen-bond donors (Lipinski definition) is 2. The molecule has 0 saturated heterocycles. The predicted octanol–water partition coefficient (Wildman–Crippen LogP) is 2.27. The van der Waals surface area contributed by atoms with Crippen LogP contribution in [0.4, 0.5) is 10.1 Å². The number of amides is 3. The van der Waals surface area contributed by atoms with Crippen molar-refractivity contribution >= 4 is 23.4 Å². The molecule has 2 aromatic carbocycles. The van der Waals surface area contributed by atoms with Crippen LogP contribution in [0, 0.1) is 19.7 Å². The van der Waals surface area contributed by atoms with E-state index in [-0.39, 0.29) is 24.6 Å². The van der Waals surface area contributed by atoms with Crippen LogP contribution in [0.1, 0.15) is 21.5 Å². The van der Waals surface area contributed by atoms with Crippen molar-refractivity contribution in [1.82, 2.24) is 10.2 Å². The van der Waals surface area contributed by atoms with Crippen molar-refractivity contribution in [3.8, 4) is 0 Å². The lowest BCUT2D eigenvalue weighted by atomic mass is 10.1. The maximum absolute atomic E-state index is 13.1. The third-order valence-electron chi connectivity index (χ3n) is 3.96. The number of hydrogen-bond acceptors (Lipinski definition) is 3. The predicted molar refractivity (Wildman–Crippen MR) is 101 cm³/mol. The Labute approximate surface area is 157 Å². The monoisotopic (exact) mass is 371 g/mol. The fraction of sp³-hybridized carbons (Fsp3) is 0.250. The fourth-order valence-corrected chi connectivity index (χ4v) is 2.39. The van der Waals surface area contributed by atoms with Gasteiger partial charge in [0, 0.05) is 18.3 Å². The second-order valence-electron chi connectivity index (χ2n) is 6.31. The Morgan fingerprint density at radius 2 is 1.81 bits per heavy atom. The van der Waals surface area contributed by atoms with Crippen molar-refractivity contribution in [2.45, 2.75) is 13.8 Å². The van der Waals surface area contributed by atoms with Gasteiger partial charge < -0.3 is 15.5 Å². The molecule has 6 nitrogen and oxygen atoms in total. The van der Waals surface area contributed by atoms with E-state index in [0.717, 1.165) is 17.2 Å². The molecule has 0 unspecified atom stereocenters. The first kappa shape index (κ1) is 20.1. The highest BCUT2D eigenvalue weighted by Crippen LogP contribution is 2.16. The molecule has 0 fully saturated rings. The van der Waals surface area contributed by atoms with Gasteiger partial charge in [-0.05, 0) is 49.2 Å². The summed E-state index contributed by atoms with van der Waals surface area (Å²) < 4.78 is 13.1. The standard InChI is InChI=1S/C20H22FN3O3/c1-13-7-8-14(2)17(9-13)23-18(25)12-24(3)19(26)11-22-20(27)15-5-4-6-16(21)10-15/h4-10H,11-12H2,1-3H3,(H,22,27)(H,23,25). The Kier molecular flexibility index (Phi) is 6.65. The van der Waals surface area contributed by atoms with E-state index in [1.54, 1.807) is 0 Å². The third-order valence-corrected chi connectivity index (χ3v) is 3.96. The molecule has 0 heterocycles. The quantitative estimate of drug-likeness (QED) is 0.818. The number of aryl methyl sites for hydroxylation is 2. The number of nitrogens with zero attached hydrogens (tertiary/aromatic N) is 1. The van der Waals surface area contributed by atoms with E-state index in [1.807, 2.05) is 32.0 Å². The maximum atomic E-state index is 13.1. The lowest BCUT2D eigenvalue weighted by molar-refractivity contribution is -0.132. The molecule has 0 aliphatic carbocycles. The number of carbonyl (C=O) groups is 3. The van der Waals surface area contributed by atoms with Crippen LogP contribution in [-0.4, -0.2) is 42.8 Å². The van der Waals surface area contributed by atoms with Crippen LogP contribution in [0.3, 0.4) is 0 Å². The van der Waals surface area contributed by atoms with Crippen LogP contribution in [-0.2, 0) is 9.59 Å². The minimum Gasteiger partial charge on any atom is -0.343 e. The normalized spacial score (nSPS) is 10.2. The first-order valence-electron chi connectivity index (χ1n) is 8.41. The van der Waals surface area contributed by atoms with Crippen molar-refractivity contribution in [3.63, 3.8) is 0 Å². The van der Waals surface area contributed by atoms with Gasteiger partial charge in [0.15, 0.2) is 0 Å². The Hall–Kier alpha value is -3.22. The number of likely N-dealkylation sites (N-methyl/N-ethyl adjacent to an activating group) is 1. The van der Waals surface area contributed by atoms with Gasteiger partial charge in [-0.1, -0.05) is 18.2 Å². The first-order chi connectivity index (χ1) is 12.8. The Bertz CT molecular complexity index is 867. The SMILES string of the molecule is Cc1ccc(C)c(NC(=O)CN(C)C(=O)CNC(=O)c2cccc(F)c2)c1. The van der Waals surface area contributed by atoms with Crippen LogP contribution in [0.5, 0.6) is 0 Å². The van der Waals surface area contributed by atoms with Crippen LogP contribution in [0.2, 0.25) is 0 Å². The van der Waals surface area contributed by atoms with Crippen LogP contribution in [0.25, 0.3) is 0 Å². The zero-order valence-electron chi connectivity index (χ0n) is 15.5. The van der Waals surface area contributed by atoms with E-state index in [0.29, 0.717) is 5.69 Å². The average Bonchev–Trinajstić information content (AvgIpc) is 2.62. The van der Waals surface area contributed by atoms with Gasteiger partial charge >= 0.3 is 0 Å². The second-order valence-corrected chi connectivity index (χ2v) is 6.31. The number of nitrogens with one attached hydrogen (secondary N) is 2. The van der Waals surface area contributed by atoms with Gasteiger partial charge in [0.05, 0.1) is 13.1 Å². The van der Waals surface area contributed by atoms with E-state index in [1.165, 1.54) is 30.1 Å². The molecular formula is C20H22FN3O3. The summed E-state index contributed by atoms with van der Waals surface area (Å²) in [6.45, 7) is 3.36. The van der Waals surface area contributed by atoms with E-state index >= 15 is 0 Å². The summed E-state index contributed by atoms with van der Waals surface area (Å²) >= 11 is 0. The number of benzene rings is 2. The van der Waals surface area contributed by atoms with Gasteiger partial charge in [0.25, 0.3) is 5.91 Å². The van der Waals surface area contributed by atoms with Gasteiger partial charge in [-0.3, -0.25) is 14.4 Å². The highest BCUT2D eigenvalue weighted by atomic mass is 19.1. The molecule has 27 heavy (non-hydrogen) atoms. The third kappa shape index (κ3) is 5.91. The summed E-state index contributed by atoms with van der Waals surface area (Å²) in [6, 6.07) is 10.9. The number of carbonyl (C=O) groups excluding carboxylic acids is 3. The molecule has 2 rings (SSSR count). The van der Waals surface area contributed by atoms with Gasteiger partial charge in [-0.2, -0.15) is 0 Å². The fourth-order valence-electron chi connectivity index (χ4n) is 2.39. The van der Waals surface area contributed by atoms with Crippen molar-refractivity contribution in [1.29, 1.82) is 0 Å². The largest absolute Gasteiger partial charge is 0.343 e. The van der Waals surface area contributed by atoms with Crippen molar-refractivity contribution in [2.75, 3.05) is 25.5 Å². The summed E-state index contributed by atoms with van der Waals surface area (Å²) in [7, 11) is 1.47. The second kappa shape index (κ2) is 8.93. The Balaban J connectivity index is 1.85. The van der Waals surface area contributed by atoms with E-state index < -0.39 is 17.6 Å². The maximum Gasteiger partial charge on any atom is 0.251 e. The zero-order chi connectivity index (χ0) is 20.0. The molecule has 2 N–H and O–H groups in total. The molecule has 0 aliphatic rings. The molecule has 0 saturated carbocycles. The molecule has 0 radical (unpaired) electrons.